The molecule has 2 aromatic heterocycles. The van der Waals surface area contributed by atoms with E-state index in [1.165, 1.54) is 25.4 Å². The first-order valence-electron chi connectivity index (χ1n) is 8.32. The van der Waals surface area contributed by atoms with Gasteiger partial charge < -0.3 is 15.4 Å². The minimum absolute atomic E-state index is 0.0564. The molecule has 2 N–H and O–H groups in total. The summed E-state index contributed by atoms with van der Waals surface area (Å²) in [5, 5.41) is 6.11. The lowest BCUT2D eigenvalue weighted by atomic mass is 10.2. The number of rotatable bonds is 4. The fourth-order valence-corrected chi connectivity index (χ4v) is 2.86. The van der Waals surface area contributed by atoms with Crippen molar-refractivity contribution in [2.75, 3.05) is 18.4 Å². The van der Waals surface area contributed by atoms with Gasteiger partial charge in [-0.2, -0.15) is 0 Å². The van der Waals surface area contributed by atoms with Crippen molar-refractivity contribution in [3.63, 3.8) is 0 Å². The normalized spacial score (nSPS) is 16.8. The van der Waals surface area contributed by atoms with Crippen LogP contribution >= 0.6 is 0 Å². The van der Waals surface area contributed by atoms with Gasteiger partial charge in [0.2, 0.25) is 5.88 Å². The van der Waals surface area contributed by atoms with Crippen molar-refractivity contribution in [2.45, 2.75) is 19.4 Å². The van der Waals surface area contributed by atoms with Gasteiger partial charge in [-0.3, -0.25) is 0 Å². The predicted octanol–water partition coefficient (Wildman–Crippen LogP) is 3.10. The van der Waals surface area contributed by atoms with Crippen LogP contribution in [0.1, 0.15) is 12.0 Å². The second-order valence-electron chi connectivity index (χ2n) is 6.13. The molecule has 26 heavy (non-hydrogen) atoms. The first-order chi connectivity index (χ1) is 12.6. The molecule has 1 aromatic carbocycles. The van der Waals surface area contributed by atoms with Gasteiger partial charge in [-0.25, -0.2) is 23.7 Å². The number of pyridine rings is 1. The summed E-state index contributed by atoms with van der Waals surface area (Å²) in [6.45, 7) is 3.07. The third-order valence-electron chi connectivity index (χ3n) is 4.33. The summed E-state index contributed by atoms with van der Waals surface area (Å²) >= 11 is 0. The monoisotopic (exact) mass is 357 g/mol. The highest BCUT2D eigenvalue weighted by Gasteiger charge is 2.18. The van der Waals surface area contributed by atoms with E-state index in [-0.39, 0.29) is 17.4 Å². The zero-order chi connectivity index (χ0) is 18.1. The molecule has 1 atom stereocenters. The van der Waals surface area contributed by atoms with E-state index in [1.54, 1.807) is 12.1 Å². The molecule has 1 aliphatic heterocycles. The van der Waals surface area contributed by atoms with Crippen LogP contribution in [0.25, 0.3) is 11.0 Å². The molecule has 1 fully saturated rings. The molecular weight excluding hydrogens is 340 g/mol. The van der Waals surface area contributed by atoms with Crippen LogP contribution in [-0.4, -0.2) is 34.1 Å². The summed E-state index contributed by atoms with van der Waals surface area (Å²) < 4.78 is 33.6. The first-order valence-corrected chi connectivity index (χ1v) is 8.32. The van der Waals surface area contributed by atoms with Gasteiger partial charge in [0, 0.05) is 18.2 Å². The van der Waals surface area contributed by atoms with Crippen LogP contribution in [0, 0.1) is 18.6 Å². The number of ether oxygens (including phenoxy) is 1. The third kappa shape index (κ3) is 3.15. The Morgan fingerprint density at radius 1 is 1.19 bits per heavy atom. The lowest BCUT2D eigenvalue weighted by Gasteiger charge is -2.13. The SMILES string of the molecule is Cc1c(F)ccc(Nc2ncnc3ccc(O[C@H]4CCNC4)nc23)c1F. The molecule has 0 unspecified atom stereocenters. The Balaban J connectivity index is 1.69. The fraction of sp³-hybridized carbons (Fsp3) is 0.278. The van der Waals surface area contributed by atoms with E-state index in [0.717, 1.165) is 19.5 Å². The summed E-state index contributed by atoms with van der Waals surface area (Å²) in [4.78, 5) is 12.8. The van der Waals surface area contributed by atoms with E-state index < -0.39 is 11.6 Å². The fourth-order valence-electron chi connectivity index (χ4n) is 2.86. The van der Waals surface area contributed by atoms with Gasteiger partial charge in [0.05, 0.1) is 11.2 Å². The molecule has 0 bridgehead atoms. The number of nitrogens with zero attached hydrogens (tertiary/aromatic N) is 3. The van der Waals surface area contributed by atoms with Crippen molar-refractivity contribution in [3.05, 3.63) is 47.8 Å². The molecule has 4 rings (SSSR count). The minimum atomic E-state index is -0.666. The number of hydrogen-bond donors (Lipinski definition) is 2. The molecule has 0 amide bonds. The Morgan fingerprint density at radius 3 is 2.88 bits per heavy atom. The number of anilines is 2. The van der Waals surface area contributed by atoms with Crippen LogP contribution in [0.15, 0.2) is 30.6 Å². The number of benzene rings is 1. The molecular formula is C18H17F2N5O. The summed E-state index contributed by atoms with van der Waals surface area (Å²) in [6, 6.07) is 6.06. The van der Waals surface area contributed by atoms with Gasteiger partial charge in [0.1, 0.15) is 23.8 Å². The maximum Gasteiger partial charge on any atom is 0.214 e. The van der Waals surface area contributed by atoms with Crippen LogP contribution in [0.3, 0.4) is 0 Å². The Morgan fingerprint density at radius 2 is 2.08 bits per heavy atom. The number of halogens is 2. The molecule has 3 heterocycles. The highest BCUT2D eigenvalue weighted by atomic mass is 19.1. The average Bonchev–Trinajstić information content (AvgIpc) is 3.15. The van der Waals surface area contributed by atoms with E-state index in [9.17, 15) is 8.78 Å². The Hall–Kier alpha value is -2.87. The summed E-state index contributed by atoms with van der Waals surface area (Å²) in [5.41, 5.74) is 1.12. The van der Waals surface area contributed by atoms with Crippen molar-refractivity contribution in [1.82, 2.24) is 20.3 Å². The number of aromatic nitrogens is 3. The van der Waals surface area contributed by atoms with Gasteiger partial charge in [0.25, 0.3) is 0 Å². The molecule has 1 aliphatic rings. The molecule has 0 aliphatic carbocycles. The second kappa shape index (κ2) is 6.80. The molecule has 3 aromatic rings. The zero-order valence-electron chi connectivity index (χ0n) is 14.1. The van der Waals surface area contributed by atoms with E-state index in [4.69, 9.17) is 4.74 Å². The lowest BCUT2D eigenvalue weighted by molar-refractivity contribution is 0.215. The molecule has 0 saturated carbocycles. The Kier molecular flexibility index (Phi) is 4.34. The maximum atomic E-state index is 14.3. The van der Waals surface area contributed by atoms with Gasteiger partial charge in [-0.15, -0.1) is 0 Å². The maximum absolute atomic E-state index is 14.3. The quantitative estimate of drug-likeness (QED) is 0.748. The second-order valence-corrected chi connectivity index (χ2v) is 6.13. The third-order valence-corrected chi connectivity index (χ3v) is 4.33. The largest absolute Gasteiger partial charge is 0.473 e. The molecule has 0 radical (unpaired) electrons. The van der Waals surface area contributed by atoms with Gasteiger partial charge in [0.15, 0.2) is 11.6 Å². The standard InChI is InChI=1S/C18H17F2N5O/c1-10-12(19)2-3-13(16(10)20)24-18-17-14(22-9-23-18)4-5-15(25-17)26-11-6-7-21-8-11/h2-5,9,11,21H,6-8H2,1H3,(H,22,23,24)/t11-/m0/s1. The number of fused-ring (bicyclic) bond motifs is 1. The van der Waals surface area contributed by atoms with Gasteiger partial charge >= 0.3 is 0 Å². The van der Waals surface area contributed by atoms with Gasteiger partial charge in [-0.05, 0) is 38.1 Å². The van der Waals surface area contributed by atoms with Crippen molar-refractivity contribution in [1.29, 1.82) is 0 Å². The summed E-state index contributed by atoms with van der Waals surface area (Å²) in [6.07, 6.45) is 2.34. The van der Waals surface area contributed by atoms with E-state index in [2.05, 4.69) is 25.6 Å². The van der Waals surface area contributed by atoms with Crippen molar-refractivity contribution < 1.29 is 13.5 Å². The number of hydrogen-bond acceptors (Lipinski definition) is 6. The Labute approximate surface area is 148 Å². The molecule has 8 heteroatoms. The highest BCUT2D eigenvalue weighted by Crippen LogP contribution is 2.27. The first kappa shape index (κ1) is 16.6. The molecule has 134 valence electrons. The van der Waals surface area contributed by atoms with Crippen LogP contribution in [0.5, 0.6) is 5.88 Å². The summed E-state index contributed by atoms with van der Waals surface area (Å²) in [7, 11) is 0. The van der Waals surface area contributed by atoms with Crippen molar-refractivity contribution in [3.8, 4) is 5.88 Å². The van der Waals surface area contributed by atoms with Crippen LogP contribution in [-0.2, 0) is 0 Å². The Bertz CT molecular complexity index is 960. The van der Waals surface area contributed by atoms with E-state index >= 15 is 0 Å². The van der Waals surface area contributed by atoms with E-state index in [0.29, 0.717) is 22.7 Å². The van der Waals surface area contributed by atoms with E-state index in [1.807, 2.05) is 0 Å². The van der Waals surface area contributed by atoms with Gasteiger partial charge in [-0.1, -0.05) is 0 Å². The minimum Gasteiger partial charge on any atom is -0.473 e. The zero-order valence-corrected chi connectivity index (χ0v) is 14.1. The van der Waals surface area contributed by atoms with Crippen molar-refractivity contribution in [2.24, 2.45) is 0 Å². The number of nitrogens with one attached hydrogen (secondary N) is 2. The summed E-state index contributed by atoms with van der Waals surface area (Å²) in [5.74, 6) is -0.476. The van der Waals surface area contributed by atoms with Crippen LogP contribution in [0.4, 0.5) is 20.3 Å². The lowest BCUT2D eigenvalue weighted by Crippen LogP contribution is -2.20. The molecule has 1 saturated heterocycles. The van der Waals surface area contributed by atoms with Crippen LogP contribution in [0.2, 0.25) is 0 Å². The average molecular weight is 357 g/mol. The molecule has 0 spiro atoms. The molecule has 6 nitrogen and oxygen atoms in total. The smallest absolute Gasteiger partial charge is 0.214 e. The van der Waals surface area contributed by atoms with Crippen LogP contribution < -0.4 is 15.4 Å². The topological polar surface area (TPSA) is 72.0 Å². The predicted molar refractivity (Wildman–Crippen MR) is 93.6 cm³/mol. The van der Waals surface area contributed by atoms with Crippen molar-refractivity contribution >= 4 is 22.5 Å². The highest BCUT2D eigenvalue weighted by molar-refractivity contribution is 5.87.